The number of carbonyl (C=O) groups excluding carboxylic acids is 2. The van der Waals surface area contributed by atoms with E-state index in [9.17, 15) is 9.59 Å². The first-order valence-electron chi connectivity index (χ1n) is 5.78. The van der Waals surface area contributed by atoms with Gasteiger partial charge in [-0.05, 0) is 19.3 Å². The molecule has 86 valence electrons. The second-order valence-electron chi connectivity index (χ2n) is 4.07. The summed E-state index contributed by atoms with van der Waals surface area (Å²) in [5.74, 6) is 0.319. The van der Waals surface area contributed by atoms with Crippen LogP contribution < -0.4 is 10.6 Å². The van der Waals surface area contributed by atoms with E-state index in [1.54, 1.807) is 0 Å². The van der Waals surface area contributed by atoms with Crippen LogP contribution in [-0.4, -0.2) is 24.4 Å². The van der Waals surface area contributed by atoms with Gasteiger partial charge in [-0.15, -0.1) is 0 Å². The molecule has 0 bridgehead atoms. The van der Waals surface area contributed by atoms with Crippen molar-refractivity contribution in [3.05, 3.63) is 0 Å². The van der Waals surface area contributed by atoms with Gasteiger partial charge in [0.2, 0.25) is 0 Å². The third-order valence-electron chi connectivity index (χ3n) is 2.69. The summed E-state index contributed by atoms with van der Waals surface area (Å²) in [5.41, 5.74) is 0. The molecule has 1 rings (SSSR count). The van der Waals surface area contributed by atoms with E-state index in [2.05, 4.69) is 17.6 Å². The lowest BCUT2D eigenvalue weighted by Gasteiger charge is -2.22. The predicted molar refractivity (Wildman–Crippen MR) is 58.7 cm³/mol. The molecule has 0 unspecified atom stereocenters. The lowest BCUT2D eigenvalue weighted by molar-refractivity contribution is -0.120. The van der Waals surface area contributed by atoms with Crippen LogP contribution in [0.15, 0.2) is 0 Å². The molecule has 0 aromatic heterocycles. The van der Waals surface area contributed by atoms with Crippen molar-refractivity contribution in [2.45, 2.75) is 51.5 Å². The second-order valence-corrected chi connectivity index (χ2v) is 4.07. The molecule has 2 amide bonds. The second kappa shape index (κ2) is 6.43. The van der Waals surface area contributed by atoms with Crippen molar-refractivity contribution in [2.24, 2.45) is 0 Å². The van der Waals surface area contributed by atoms with Crippen LogP contribution in [0.25, 0.3) is 0 Å². The fourth-order valence-corrected chi connectivity index (χ4v) is 1.70. The first kappa shape index (κ1) is 12.0. The Balaban J connectivity index is 2.12. The summed E-state index contributed by atoms with van der Waals surface area (Å²) in [7, 11) is 0. The first-order valence-corrected chi connectivity index (χ1v) is 5.78. The van der Waals surface area contributed by atoms with Crippen LogP contribution in [-0.2, 0) is 4.79 Å². The molecule has 1 aliphatic rings. The van der Waals surface area contributed by atoms with E-state index in [0.29, 0.717) is 18.6 Å². The minimum Gasteiger partial charge on any atom is -0.338 e. The van der Waals surface area contributed by atoms with Crippen molar-refractivity contribution >= 4 is 11.8 Å². The van der Waals surface area contributed by atoms with Gasteiger partial charge in [-0.25, -0.2) is 4.79 Å². The van der Waals surface area contributed by atoms with Gasteiger partial charge in [0.05, 0.1) is 0 Å². The summed E-state index contributed by atoms with van der Waals surface area (Å²) in [5, 5.41) is 5.70. The van der Waals surface area contributed by atoms with Gasteiger partial charge in [-0.2, -0.15) is 0 Å². The topological polar surface area (TPSA) is 58.2 Å². The number of unbranched alkanes of at least 4 members (excludes halogenated alkanes) is 1. The normalized spacial score (nSPS) is 17.5. The Labute approximate surface area is 90.8 Å². The Morgan fingerprint density at radius 2 is 2.07 bits per heavy atom. The molecule has 0 atom stereocenters. The Bertz CT molecular complexity index is 219. The van der Waals surface area contributed by atoms with Crippen LogP contribution in [0, 0.1) is 0 Å². The fraction of sp³-hybridized carbons (Fsp3) is 0.818. The molecule has 0 spiro atoms. The molecule has 1 aliphatic carbocycles. The highest BCUT2D eigenvalue weighted by Crippen LogP contribution is 2.14. The SMILES string of the molecule is CCCCNC(=O)NC1CCC(=O)CC1. The van der Waals surface area contributed by atoms with Gasteiger partial charge in [0.15, 0.2) is 0 Å². The van der Waals surface area contributed by atoms with Gasteiger partial charge in [0.25, 0.3) is 0 Å². The van der Waals surface area contributed by atoms with Crippen molar-refractivity contribution in [1.29, 1.82) is 0 Å². The van der Waals surface area contributed by atoms with E-state index >= 15 is 0 Å². The third-order valence-corrected chi connectivity index (χ3v) is 2.69. The molecule has 4 nitrogen and oxygen atoms in total. The van der Waals surface area contributed by atoms with E-state index in [-0.39, 0.29) is 12.1 Å². The monoisotopic (exact) mass is 212 g/mol. The quantitative estimate of drug-likeness (QED) is 0.695. The Hall–Kier alpha value is -1.06. The van der Waals surface area contributed by atoms with Crippen LogP contribution in [0.2, 0.25) is 0 Å². The smallest absolute Gasteiger partial charge is 0.315 e. The standard InChI is InChI=1S/C11H20N2O2/c1-2-3-8-12-11(15)13-9-4-6-10(14)7-5-9/h9H,2-8H2,1H3,(H2,12,13,15). The Kier molecular flexibility index (Phi) is 5.15. The van der Waals surface area contributed by atoms with Crippen molar-refractivity contribution in [2.75, 3.05) is 6.54 Å². The number of carbonyl (C=O) groups is 2. The average Bonchev–Trinajstić information content (AvgIpc) is 2.22. The summed E-state index contributed by atoms with van der Waals surface area (Å²) >= 11 is 0. The van der Waals surface area contributed by atoms with Gasteiger partial charge >= 0.3 is 6.03 Å². The Morgan fingerprint density at radius 1 is 1.40 bits per heavy atom. The molecule has 0 aromatic carbocycles. The highest BCUT2D eigenvalue weighted by atomic mass is 16.2. The van der Waals surface area contributed by atoms with E-state index in [0.717, 1.165) is 32.2 Å². The lowest BCUT2D eigenvalue weighted by Crippen LogP contribution is -2.43. The molecule has 0 radical (unpaired) electrons. The number of Topliss-reactive ketones (excluding diaryl/α,β-unsaturated/α-hetero) is 1. The maximum absolute atomic E-state index is 11.4. The van der Waals surface area contributed by atoms with E-state index in [1.165, 1.54) is 0 Å². The van der Waals surface area contributed by atoms with Crippen molar-refractivity contribution < 1.29 is 9.59 Å². The number of ketones is 1. The van der Waals surface area contributed by atoms with Crippen molar-refractivity contribution in [3.63, 3.8) is 0 Å². The summed E-state index contributed by atoms with van der Waals surface area (Å²) in [6.07, 6.45) is 4.90. The maximum atomic E-state index is 11.4. The molecule has 1 fully saturated rings. The largest absolute Gasteiger partial charge is 0.338 e. The average molecular weight is 212 g/mol. The van der Waals surface area contributed by atoms with E-state index < -0.39 is 0 Å². The van der Waals surface area contributed by atoms with Crippen molar-refractivity contribution in [1.82, 2.24) is 10.6 Å². The summed E-state index contributed by atoms with van der Waals surface area (Å²) in [6, 6.07) is 0.0899. The molecule has 0 aromatic rings. The van der Waals surface area contributed by atoms with Gasteiger partial charge in [-0.3, -0.25) is 4.79 Å². The van der Waals surface area contributed by atoms with Gasteiger partial charge in [0.1, 0.15) is 5.78 Å². The minimum absolute atomic E-state index is 0.0946. The van der Waals surface area contributed by atoms with Gasteiger partial charge < -0.3 is 10.6 Å². The molecular weight excluding hydrogens is 192 g/mol. The summed E-state index contributed by atoms with van der Waals surface area (Å²) in [6.45, 7) is 2.82. The molecule has 15 heavy (non-hydrogen) atoms. The van der Waals surface area contributed by atoms with E-state index in [1.807, 2.05) is 0 Å². The molecule has 0 heterocycles. The van der Waals surface area contributed by atoms with Crippen LogP contribution in [0.5, 0.6) is 0 Å². The number of amides is 2. The third kappa shape index (κ3) is 4.81. The molecular formula is C11H20N2O2. The van der Waals surface area contributed by atoms with Crippen LogP contribution in [0.4, 0.5) is 4.79 Å². The van der Waals surface area contributed by atoms with E-state index in [4.69, 9.17) is 0 Å². The van der Waals surface area contributed by atoms with Gasteiger partial charge in [-0.1, -0.05) is 13.3 Å². The maximum Gasteiger partial charge on any atom is 0.315 e. The zero-order chi connectivity index (χ0) is 11.1. The molecule has 2 N–H and O–H groups in total. The summed E-state index contributed by atoms with van der Waals surface area (Å²) in [4.78, 5) is 22.3. The lowest BCUT2D eigenvalue weighted by atomic mass is 9.94. The molecule has 0 aliphatic heterocycles. The van der Waals surface area contributed by atoms with Gasteiger partial charge in [0, 0.05) is 25.4 Å². The van der Waals surface area contributed by atoms with Crippen LogP contribution >= 0.6 is 0 Å². The summed E-state index contributed by atoms with van der Waals surface area (Å²) < 4.78 is 0. The fourth-order valence-electron chi connectivity index (χ4n) is 1.70. The molecule has 4 heteroatoms. The Morgan fingerprint density at radius 3 is 2.67 bits per heavy atom. The predicted octanol–water partition coefficient (Wildman–Crippen LogP) is 1.60. The number of hydrogen-bond acceptors (Lipinski definition) is 2. The number of nitrogens with one attached hydrogen (secondary N) is 2. The highest BCUT2D eigenvalue weighted by Gasteiger charge is 2.19. The number of urea groups is 1. The minimum atomic E-state index is -0.0946. The first-order chi connectivity index (χ1) is 7.22. The zero-order valence-corrected chi connectivity index (χ0v) is 9.34. The number of rotatable bonds is 4. The van der Waals surface area contributed by atoms with Crippen molar-refractivity contribution in [3.8, 4) is 0 Å². The van der Waals surface area contributed by atoms with Crippen LogP contribution in [0.3, 0.4) is 0 Å². The van der Waals surface area contributed by atoms with Crippen LogP contribution in [0.1, 0.15) is 45.4 Å². The molecule has 1 saturated carbocycles. The zero-order valence-electron chi connectivity index (χ0n) is 9.34. The highest BCUT2D eigenvalue weighted by molar-refractivity contribution is 5.80. The number of hydrogen-bond donors (Lipinski definition) is 2. The molecule has 0 saturated heterocycles.